The summed E-state index contributed by atoms with van der Waals surface area (Å²) in [5.74, 6) is 1.88. The molecule has 0 saturated carbocycles. The summed E-state index contributed by atoms with van der Waals surface area (Å²) in [7, 11) is 3.27. The van der Waals surface area contributed by atoms with Gasteiger partial charge in [-0.3, -0.25) is 5.41 Å². The van der Waals surface area contributed by atoms with E-state index in [1.165, 1.54) is 0 Å². The van der Waals surface area contributed by atoms with Crippen molar-refractivity contribution in [2.45, 2.75) is 39.5 Å². The number of ether oxygens (including phenoxy) is 2. The summed E-state index contributed by atoms with van der Waals surface area (Å²) in [5, 5.41) is 8.60. The molecular formula is C17H28N2O2. The van der Waals surface area contributed by atoms with Crippen molar-refractivity contribution in [2.75, 3.05) is 27.3 Å². The zero-order chi connectivity index (χ0) is 15.7. The van der Waals surface area contributed by atoms with Crippen LogP contribution in [0.15, 0.2) is 18.2 Å². The monoisotopic (exact) mass is 292 g/mol. The van der Waals surface area contributed by atoms with Crippen LogP contribution in [-0.4, -0.2) is 38.0 Å². The lowest BCUT2D eigenvalue weighted by molar-refractivity contribution is 0.375. The molecule has 1 aromatic rings. The molecular weight excluding hydrogens is 264 g/mol. The Bertz CT molecular complexity index is 416. The third-order valence-corrected chi connectivity index (χ3v) is 3.54. The van der Waals surface area contributed by atoms with Crippen molar-refractivity contribution in [3.63, 3.8) is 0 Å². The van der Waals surface area contributed by atoms with E-state index in [-0.39, 0.29) is 0 Å². The first-order valence-corrected chi connectivity index (χ1v) is 7.74. The Hall–Kier alpha value is -1.71. The molecule has 118 valence electrons. The molecule has 0 amide bonds. The molecule has 0 bridgehead atoms. The Morgan fingerprint density at radius 3 is 1.86 bits per heavy atom. The smallest absolute Gasteiger partial charge is 0.135 e. The second kappa shape index (κ2) is 9.27. The maximum atomic E-state index is 8.60. The van der Waals surface area contributed by atoms with Crippen LogP contribution in [0.5, 0.6) is 11.5 Å². The van der Waals surface area contributed by atoms with Crippen molar-refractivity contribution in [1.29, 1.82) is 5.41 Å². The summed E-state index contributed by atoms with van der Waals surface area (Å²) >= 11 is 0. The van der Waals surface area contributed by atoms with Crippen LogP contribution >= 0.6 is 0 Å². The van der Waals surface area contributed by atoms with Crippen LogP contribution in [0.25, 0.3) is 0 Å². The van der Waals surface area contributed by atoms with Crippen LogP contribution in [0.1, 0.15) is 45.1 Å². The van der Waals surface area contributed by atoms with Crippen molar-refractivity contribution < 1.29 is 9.47 Å². The molecule has 4 nitrogen and oxygen atoms in total. The third-order valence-electron chi connectivity index (χ3n) is 3.54. The van der Waals surface area contributed by atoms with E-state index >= 15 is 0 Å². The molecule has 0 spiro atoms. The summed E-state index contributed by atoms with van der Waals surface area (Å²) in [4.78, 5) is 2.13. The van der Waals surface area contributed by atoms with Crippen LogP contribution in [0.3, 0.4) is 0 Å². The predicted molar refractivity (Wildman–Crippen MR) is 87.8 cm³/mol. The standard InChI is InChI=1S/C17H28N2O2/c1-5-7-12-19(13-8-6-2)17(18)16-14(20-3)10-9-11-15(16)21-4/h9-11,18H,5-8,12-13H2,1-4H3. The number of nitrogens with one attached hydrogen (secondary N) is 1. The van der Waals surface area contributed by atoms with Gasteiger partial charge in [-0.1, -0.05) is 32.8 Å². The molecule has 0 aliphatic carbocycles. The molecule has 0 heterocycles. The van der Waals surface area contributed by atoms with Gasteiger partial charge in [0.2, 0.25) is 0 Å². The predicted octanol–water partition coefficient (Wildman–Crippen LogP) is 3.93. The Balaban J connectivity index is 3.06. The van der Waals surface area contributed by atoms with Crippen LogP contribution in [0, 0.1) is 5.41 Å². The molecule has 4 heteroatoms. The number of hydrogen-bond acceptors (Lipinski definition) is 3. The highest BCUT2D eigenvalue weighted by Crippen LogP contribution is 2.29. The summed E-state index contributed by atoms with van der Waals surface area (Å²) in [6, 6.07) is 5.64. The Morgan fingerprint density at radius 1 is 1.00 bits per heavy atom. The van der Waals surface area contributed by atoms with Gasteiger partial charge in [0.25, 0.3) is 0 Å². The lowest BCUT2D eigenvalue weighted by atomic mass is 10.1. The summed E-state index contributed by atoms with van der Waals surface area (Å²) < 4.78 is 10.8. The van der Waals surface area contributed by atoms with Gasteiger partial charge >= 0.3 is 0 Å². The van der Waals surface area contributed by atoms with Crippen LogP contribution in [-0.2, 0) is 0 Å². The molecule has 21 heavy (non-hydrogen) atoms. The van der Waals surface area contributed by atoms with E-state index in [4.69, 9.17) is 14.9 Å². The molecule has 0 saturated heterocycles. The number of nitrogens with zero attached hydrogens (tertiary/aromatic N) is 1. The minimum Gasteiger partial charge on any atom is -0.496 e. The summed E-state index contributed by atoms with van der Waals surface area (Å²) in [6.45, 7) is 6.14. The van der Waals surface area contributed by atoms with E-state index < -0.39 is 0 Å². The largest absolute Gasteiger partial charge is 0.496 e. The minimum atomic E-state index is 0.492. The van der Waals surface area contributed by atoms with Gasteiger partial charge in [0.15, 0.2) is 0 Å². The lowest BCUT2D eigenvalue weighted by Gasteiger charge is -2.27. The fourth-order valence-electron chi connectivity index (χ4n) is 2.28. The molecule has 1 aromatic carbocycles. The SMILES string of the molecule is CCCCN(CCCC)C(=N)c1c(OC)cccc1OC. The molecule has 0 unspecified atom stereocenters. The highest BCUT2D eigenvalue weighted by molar-refractivity contribution is 6.01. The van der Waals surface area contributed by atoms with Crippen LogP contribution in [0.2, 0.25) is 0 Å². The fraction of sp³-hybridized carbons (Fsp3) is 0.588. The molecule has 0 aliphatic rings. The molecule has 0 aliphatic heterocycles. The van der Waals surface area contributed by atoms with E-state index in [0.717, 1.165) is 44.3 Å². The Kier molecular flexibility index (Phi) is 7.65. The van der Waals surface area contributed by atoms with Gasteiger partial charge in [0, 0.05) is 13.1 Å². The first-order valence-electron chi connectivity index (χ1n) is 7.74. The second-order valence-electron chi connectivity index (χ2n) is 5.08. The number of hydrogen-bond donors (Lipinski definition) is 1. The summed E-state index contributed by atoms with van der Waals surface area (Å²) in [5.41, 5.74) is 0.745. The highest BCUT2D eigenvalue weighted by Gasteiger charge is 2.19. The van der Waals surface area contributed by atoms with Crippen molar-refractivity contribution >= 4 is 5.84 Å². The third kappa shape index (κ3) is 4.66. The fourth-order valence-corrected chi connectivity index (χ4v) is 2.28. The average Bonchev–Trinajstić information content (AvgIpc) is 2.53. The van der Waals surface area contributed by atoms with E-state index in [1.54, 1.807) is 14.2 Å². The summed E-state index contributed by atoms with van der Waals surface area (Å²) in [6.07, 6.45) is 4.42. The molecule has 1 N–H and O–H groups in total. The number of benzene rings is 1. The first kappa shape index (κ1) is 17.3. The van der Waals surface area contributed by atoms with Crippen LogP contribution < -0.4 is 9.47 Å². The van der Waals surface area contributed by atoms with Gasteiger partial charge in [-0.05, 0) is 25.0 Å². The van der Waals surface area contributed by atoms with Gasteiger partial charge in [0.1, 0.15) is 22.9 Å². The Morgan fingerprint density at radius 2 is 1.48 bits per heavy atom. The highest BCUT2D eigenvalue weighted by atomic mass is 16.5. The first-order chi connectivity index (χ1) is 10.2. The molecule has 0 radical (unpaired) electrons. The molecule has 1 rings (SSSR count). The average molecular weight is 292 g/mol. The van der Waals surface area contributed by atoms with Crippen molar-refractivity contribution in [3.05, 3.63) is 23.8 Å². The molecule has 0 atom stereocenters. The van der Waals surface area contributed by atoms with E-state index in [0.29, 0.717) is 17.3 Å². The van der Waals surface area contributed by atoms with Crippen LogP contribution in [0.4, 0.5) is 0 Å². The van der Waals surface area contributed by atoms with Gasteiger partial charge in [-0.15, -0.1) is 0 Å². The topological polar surface area (TPSA) is 45.6 Å². The maximum absolute atomic E-state index is 8.60. The van der Waals surface area contributed by atoms with E-state index in [2.05, 4.69) is 18.7 Å². The zero-order valence-corrected chi connectivity index (χ0v) is 13.7. The molecule has 0 aromatic heterocycles. The maximum Gasteiger partial charge on any atom is 0.135 e. The number of unbranched alkanes of at least 4 members (excludes halogenated alkanes) is 2. The normalized spacial score (nSPS) is 10.3. The van der Waals surface area contributed by atoms with Gasteiger partial charge in [0.05, 0.1) is 14.2 Å². The Labute approximate surface area is 128 Å². The number of amidine groups is 1. The number of rotatable bonds is 9. The lowest BCUT2D eigenvalue weighted by Crippen LogP contribution is -2.33. The minimum absolute atomic E-state index is 0.492. The van der Waals surface area contributed by atoms with Crippen molar-refractivity contribution in [1.82, 2.24) is 4.90 Å². The quantitative estimate of drug-likeness (QED) is 0.554. The van der Waals surface area contributed by atoms with Crippen molar-refractivity contribution in [3.8, 4) is 11.5 Å². The number of methoxy groups -OCH3 is 2. The van der Waals surface area contributed by atoms with Gasteiger partial charge in [-0.2, -0.15) is 0 Å². The van der Waals surface area contributed by atoms with Gasteiger partial charge < -0.3 is 14.4 Å². The molecule has 0 fully saturated rings. The van der Waals surface area contributed by atoms with Crippen molar-refractivity contribution in [2.24, 2.45) is 0 Å². The van der Waals surface area contributed by atoms with Gasteiger partial charge in [-0.25, -0.2) is 0 Å². The second-order valence-corrected chi connectivity index (χ2v) is 5.08. The van der Waals surface area contributed by atoms with E-state index in [9.17, 15) is 0 Å². The zero-order valence-electron chi connectivity index (χ0n) is 13.7. The van der Waals surface area contributed by atoms with E-state index in [1.807, 2.05) is 18.2 Å².